The molecule has 1 heterocycles. The van der Waals surface area contributed by atoms with Crippen molar-refractivity contribution in [3.05, 3.63) is 17.1 Å². The van der Waals surface area contributed by atoms with E-state index >= 15 is 0 Å². The summed E-state index contributed by atoms with van der Waals surface area (Å²) in [5, 5.41) is 0. The van der Waals surface area contributed by atoms with Gasteiger partial charge in [0.05, 0.1) is 5.69 Å². The molecule has 16 heavy (non-hydrogen) atoms. The van der Waals surface area contributed by atoms with Gasteiger partial charge >= 0.3 is 0 Å². The number of carbonyl (C=O) groups excluding carboxylic acids is 1. The van der Waals surface area contributed by atoms with E-state index in [0.29, 0.717) is 18.1 Å². The molecule has 1 amide bonds. The Labute approximate surface area is 94.0 Å². The molecule has 0 radical (unpaired) electrons. The zero-order valence-corrected chi connectivity index (χ0v) is 9.65. The summed E-state index contributed by atoms with van der Waals surface area (Å²) in [6, 6.07) is 0. The number of carbonyl (C=O) groups is 1. The molecule has 0 saturated heterocycles. The fourth-order valence-corrected chi connectivity index (χ4v) is 1.43. The van der Waals surface area contributed by atoms with Crippen LogP contribution in [0.3, 0.4) is 0 Å². The van der Waals surface area contributed by atoms with E-state index < -0.39 is 5.91 Å². The highest BCUT2D eigenvalue weighted by Crippen LogP contribution is 2.18. The third-order valence-corrected chi connectivity index (χ3v) is 2.16. The largest absolute Gasteiger partial charge is 0.383 e. The molecule has 0 aliphatic heterocycles. The van der Waals surface area contributed by atoms with E-state index in [1.165, 1.54) is 0 Å². The standard InChI is InChI=1S/C10H16N4O2/c1-4-16-6(3)10-13-5(2)7(9(12)15)8(11)14-10/h6H,4H2,1-3H3,(H2,12,15)(H2,11,13,14). The van der Waals surface area contributed by atoms with Crippen molar-refractivity contribution in [2.75, 3.05) is 12.3 Å². The number of primary amides is 1. The topological polar surface area (TPSA) is 104 Å². The normalized spacial score (nSPS) is 12.4. The lowest BCUT2D eigenvalue weighted by Crippen LogP contribution is -2.19. The lowest BCUT2D eigenvalue weighted by atomic mass is 10.2. The van der Waals surface area contributed by atoms with Crippen LogP contribution in [-0.4, -0.2) is 22.5 Å². The van der Waals surface area contributed by atoms with Crippen LogP contribution in [0.15, 0.2) is 0 Å². The highest BCUT2D eigenvalue weighted by molar-refractivity contribution is 5.98. The molecule has 6 nitrogen and oxygen atoms in total. The number of nitrogen functional groups attached to an aromatic ring is 1. The van der Waals surface area contributed by atoms with Crippen molar-refractivity contribution in [3.8, 4) is 0 Å². The maximum absolute atomic E-state index is 11.1. The summed E-state index contributed by atoms with van der Waals surface area (Å²) in [5.41, 5.74) is 11.5. The van der Waals surface area contributed by atoms with E-state index in [2.05, 4.69) is 9.97 Å². The van der Waals surface area contributed by atoms with Gasteiger partial charge in [0, 0.05) is 6.61 Å². The number of aromatic nitrogens is 2. The molecule has 1 unspecified atom stereocenters. The molecule has 0 bridgehead atoms. The minimum absolute atomic E-state index is 0.0987. The number of anilines is 1. The summed E-state index contributed by atoms with van der Waals surface area (Å²) in [6.07, 6.45) is -0.257. The van der Waals surface area contributed by atoms with Gasteiger partial charge in [0.15, 0.2) is 5.82 Å². The van der Waals surface area contributed by atoms with Crippen LogP contribution >= 0.6 is 0 Å². The van der Waals surface area contributed by atoms with Gasteiger partial charge in [0.1, 0.15) is 17.5 Å². The van der Waals surface area contributed by atoms with E-state index in [9.17, 15) is 4.79 Å². The van der Waals surface area contributed by atoms with Crippen LogP contribution in [0.5, 0.6) is 0 Å². The fourth-order valence-electron chi connectivity index (χ4n) is 1.43. The molecule has 6 heteroatoms. The van der Waals surface area contributed by atoms with Gasteiger partial charge < -0.3 is 16.2 Å². The van der Waals surface area contributed by atoms with Crippen molar-refractivity contribution < 1.29 is 9.53 Å². The van der Waals surface area contributed by atoms with Crippen LogP contribution in [0.25, 0.3) is 0 Å². The van der Waals surface area contributed by atoms with Gasteiger partial charge in [0.25, 0.3) is 5.91 Å². The number of hydrogen-bond acceptors (Lipinski definition) is 5. The Bertz CT molecular complexity index is 383. The average molecular weight is 224 g/mol. The maximum Gasteiger partial charge on any atom is 0.254 e. The molecular weight excluding hydrogens is 208 g/mol. The molecule has 0 spiro atoms. The van der Waals surface area contributed by atoms with Crippen LogP contribution in [-0.2, 0) is 4.74 Å². The van der Waals surface area contributed by atoms with Crippen LogP contribution < -0.4 is 11.5 Å². The van der Waals surface area contributed by atoms with E-state index in [1.807, 2.05) is 13.8 Å². The zero-order valence-electron chi connectivity index (χ0n) is 9.65. The summed E-state index contributed by atoms with van der Waals surface area (Å²) < 4.78 is 5.34. The van der Waals surface area contributed by atoms with E-state index in [-0.39, 0.29) is 17.5 Å². The Hall–Kier alpha value is -1.69. The number of ether oxygens (including phenoxy) is 1. The number of nitrogens with two attached hydrogens (primary N) is 2. The first-order chi connectivity index (χ1) is 7.47. The molecule has 0 aromatic carbocycles. The molecule has 4 N–H and O–H groups in total. The molecule has 1 rings (SSSR count). The highest BCUT2D eigenvalue weighted by Gasteiger charge is 2.17. The van der Waals surface area contributed by atoms with Crippen molar-refractivity contribution in [2.45, 2.75) is 26.9 Å². The van der Waals surface area contributed by atoms with E-state index in [4.69, 9.17) is 16.2 Å². The van der Waals surface area contributed by atoms with Crippen LogP contribution in [0, 0.1) is 6.92 Å². The first-order valence-electron chi connectivity index (χ1n) is 5.02. The number of hydrogen-bond donors (Lipinski definition) is 2. The van der Waals surface area contributed by atoms with Crippen molar-refractivity contribution in [1.82, 2.24) is 9.97 Å². The Morgan fingerprint density at radius 3 is 2.56 bits per heavy atom. The SMILES string of the molecule is CCOC(C)c1nc(C)c(C(N)=O)c(N)n1. The highest BCUT2D eigenvalue weighted by atomic mass is 16.5. The molecule has 0 fully saturated rings. The molecule has 1 atom stereocenters. The molecular formula is C10H16N4O2. The molecule has 0 saturated carbocycles. The minimum Gasteiger partial charge on any atom is -0.383 e. The predicted molar refractivity (Wildman–Crippen MR) is 59.7 cm³/mol. The molecule has 0 aliphatic carbocycles. The van der Waals surface area contributed by atoms with Crippen molar-refractivity contribution in [1.29, 1.82) is 0 Å². The molecule has 1 aromatic rings. The maximum atomic E-state index is 11.1. The number of nitrogens with zero attached hydrogens (tertiary/aromatic N) is 2. The average Bonchev–Trinajstić information content (AvgIpc) is 2.16. The lowest BCUT2D eigenvalue weighted by Gasteiger charge is -2.13. The van der Waals surface area contributed by atoms with Crippen molar-refractivity contribution >= 4 is 11.7 Å². The van der Waals surface area contributed by atoms with Crippen molar-refractivity contribution in [3.63, 3.8) is 0 Å². The third kappa shape index (κ3) is 2.46. The van der Waals surface area contributed by atoms with Gasteiger partial charge in [-0.15, -0.1) is 0 Å². The second kappa shape index (κ2) is 4.89. The zero-order chi connectivity index (χ0) is 12.3. The van der Waals surface area contributed by atoms with Gasteiger partial charge in [0.2, 0.25) is 0 Å². The predicted octanol–water partition coefficient (Wildman–Crippen LogP) is 0.564. The van der Waals surface area contributed by atoms with Gasteiger partial charge in [-0.05, 0) is 20.8 Å². The van der Waals surface area contributed by atoms with Gasteiger partial charge in [-0.2, -0.15) is 0 Å². The summed E-state index contributed by atoms with van der Waals surface area (Å²) in [4.78, 5) is 19.3. The summed E-state index contributed by atoms with van der Waals surface area (Å²) >= 11 is 0. The molecule has 88 valence electrons. The molecule has 0 aliphatic rings. The quantitative estimate of drug-likeness (QED) is 0.777. The van der Waals surface area contributed by atoms with Crippen LogP contribution in [0.4, 0.5) is 5.82 Å². The van der Waals surface area contributed by atoms with Crippen LogP contribution in [0.2, 0.25) is 0 Å². The minimum atomic E-state index is -0.620. The smallest absolute Gasteiger partial charge is 0.254 e. The summed E-state index contributed by atoms with van der Waals surface area (Å²) in [6.45, 7) is 5.92. The summed E-state index contributed by atoms with van der Waals surface area (Å²) in [7, 11) is 0. The Kier molecular flexibility index (Phi) is 3.78. The summed E-state index contributed by atoms with van der Waals surface area (Å²) in [5.74, 6) is -0.0611. The third-order valence-electron chi connectivity index (χ3n) is 2.16. The number of aryl methyl sites for hydroxylation is 1. The number of rotatable bonds is 4. The lowest BCUT2D eigenvalue weighted by molar-refractivity contribution is 0.0699. The van der Waals surface area contributed by atoms with Gasteiger partial charge in [-0.3, -0.25) is 4.79 Å². The molecule has 1 aromatic heterocycles. The monoisotopic (exact) mass is 224 g/mol. The van der Waals surface area contributed by atoms with E-state index in [1.54, 1.807) is 6.92 Å². The fraction of sp³-hybridized carbons (Fsp3) is 0.500. The van der Waals surface area contributed by atoms with Gasteiger partial charge in [-0.1, -0.05) is 0 Å². The van der Waals surface area contributed by atoms with E-state index in [0.717, 1.165) is 0 Å². The first-order valence-corrected chi connectivity index (χ1v) is 5.02. The number of amides is 1. The van der Waals surface area contributed by atoms with Gasteiger partial charge in [-0.25, -0.2) is 9.97 Å². The Morgan fingerprint density at radius 2 is 2.12 bits per heavy atom. The Morgan fingerprint density at radius 1 is 1.50 bits per heavy atom. The van der Waals surface area contributed by atoms with Crippen LogP contribution in [0.1, 0.15) is 41.8 Å². The second-order valence-corrected chi connectivity index (χ2v) is 3.39. The second-order valence-electron chi connectivity index (χ2n) is 3.39. The van der Waals surface area contributed by atoms with Crippen molar-refractivity contribution in [2.24, 2.45) is 5.73 Å². The Balaban J connectivity index is 3.14. The first kappa shape index (κ1) is 12.4.